The fourth-order valence-electron chi connectivity index (χ4n) is 1.46. The quantitative estimate of drug-likeness (QED) is 0.703. The molecule has 0 spiro atoms. The summed E-state index contributed by atoms with van der Waals surface area (Å²) in [5.74, 6) is -2.06. The van der Waals surface area contributed by atoms with Crippen molar-refractivity contribution in [3.8, 4) is 0 Å². The minimum absolute atomic E-state index is 0.0564. The Balaban J connectivity index is 2.65. The molecule has 0 atom stereocenters. The van der Waals surface area contributed by atoms with E-state index in [1.54, 1.807) is 0 Å². The lowest BCUT2D eigenvalue weighted by Gasteiger charge is -2.20. The molecule has 0 heterocycles. The van der Waals surface area contributed by atoms with Crippen molar-refractivity contribution in [2.24, 2.45) is 0 Å². The van der Waals surface area contributed by atoms with E-state index in [4.69, 9.17) is 5.11 Å². The first-order chi connectivity index (χ1) is 6.97. The number of sulfonamides is 1. The number of rotatable bonds is 7. The molecule has 0 aromatic rings. The Kier molecular flexibility index (Phi) is 4.10. The molecular formula is C9H17NO4S. The van der Waals surface area contributed by atoms with E-state index in [2.05, 4.69) is 0 Å². The first-order valence-corrected chi connectivity index (χ1v) is 6.79. The Morgan fingerprint density at radius 2 is 2.07 bits per heavy atom. The van der Waals surface area contributed by atoms with Crippen LogP contribution in [0.15, 0.2) is 0 Å². The summed E-state index contributed by atoms with van der Waals surface area (Å²) < 4.78 is 24.7. The van der Waals surface area contributed by atoms with Gasteiger partial charge >= 0.3 is 5.97 Å². The molecule has 6 heteroatoms. The summed E-state index contributed by atoms with van der Waals surface area (Å²) in [5, 5.41) is 8.52. The van der Waals surface area contributed by atoms with E-state index in [1.165, 1.54) is 4.31 Å². The van der Waals surface area contributed by atoms with Crippen LogP contribution in [-0.2, 0) is 14.8 Å². The average Bonchev–Trinajstić information content (AvgIpc) is 2.85. The third-order valence-electron chi connectivity index (χ3n) is 2.35. The maximum atomic E-state index is 11.7. The Morgan fingerprint density at radius 3 is 2.47 bits per heavy atom. The topological polar surface area (TPSA) is 74.7 Å². The molecule has 1 fully saturated rings. The zero-order chi connectivity index (χ0) is 11.5. The first kappa shape index (κ1) is 12.4. The van der Waals surface area contributed by atoms with Crippen molar-refractivity contribution in [3.63, 3.8) is 0 Å². The van der Waals surface area contributed by atoms with Crippen LogP contribution in [0, 0.1) is 0 Å². The van der Waals surface area contributed by atoms with Crippen LogP contribution in [-0.4, -0.2) is 42.1 Å². The van der Waals surface area contributed by atoms with Crippen molar-refractivity contribution in [1.29, 1.82) is 0 Å². The van der Waals surface area contributed by atoms with Gasteiger partial charge in [0.05, 0.1) is 0 Å². The summed E-state index contributed by atoms with van der Waals surface area (Å²) in [6.07, 6.45) is 3.42. The summed E-state index contributed by atoms with van der Waals surface area (Å²) in [7, 11) is -3.60. The molecule has 0 bridgehead atoms. The van der Waals surface area contributed by atoms with Crippen LogP contribution in [0.3, 0.4) is 0 Å². The van der Waals surface area contributed by atoms with Crippen LogP contribution in [0.4, 0.5) is 0 Å². The van der Waals surface area contributed by atoms with E-state index >= 15 is 0 Å². The fourth-order valence-corrected chi connectivity index (χ4v) is 3.01. The predicted molar refractivity (Wildman–Crippen MR) is 56.1 cm³/mol. The summed E-state index contributed by atoms with van der Waals surface area (Å²) in [6.45, 7) is 2.44. The van der Waals surface area contributed by atoms with Gasteiger partial charge in [0.2, 0.25) is 10.0 Å². The molecule has 1 rings (SSSR count). The second-order valence-electron chi connectivity index (χ2n) is 3.85. The Labute approximate surface area is 90.1 Å². The van der Waals surface area contributed by atoms with Crippen molar-refractivity contribution in [2.75, 3.05) is 12.3 Å². The summed E-state index contributed by atoms with van der Waals surface area (Å²) in [5.41, 5.74) is 0. The lowest BCUT2D eigenvalue weighted by Crippen LogP contribution is -2.37. The number of unbranched alkanes of at least 4 members (excludes halogenated alkanes) is 1. The second-order valence-corrected chi connectivity index (χ2v) is 5.77. The van der Waals surface area contributed by atoms with Gasteiger partial charge in [-0.2, -0.15) is 4.31 Å². The third-order valence-corrected chi connectivity index (χ3v) is 4.16. The number of aliphatic carboxylic acids is 1. The molecule has 15 heavy (non-hydrogen) atoms. The zero-order valence-electron chi connectivity index (χ0n) is 8.85. The fraction of sp³-hybridized carbons (Fsp3) is 0.889. The molecule has 1 aliphatic rings. The van der Waals surface area contributed by atoms with Gasteiger partial charge in [-0.1, -0.05) is 13.3 Å². The number of carbonyl (C=O) groups is 1. The predicted octanol–water partition coefficient (Wildman–Crippen LogP) is 0.665. The van der Waals surface area contributed by atoms with Crippen molar-refractivity contribution in [3.05, 3.63) is 0 Å². The Bertz CT molecular complexity index is 321. The standard InChI is InChI=1S/C9H17NO4S/c1-2-3-6-10(8-4-5-8)15(13,14)7-9(11)12/h8H,2-7H2,1H3,(H,11,12). The van der Waals surface area contributed by atoms with Crippen molar-refractivity contribution >= 4 is 16.0 Å². The van der Waals surface area contributed by atoms with E-state index < -0.39 is 21.7 Å². The van der Waals surface area contributed by atoms with Gasteiger partial charge in [-0.05, 0) is 19.3 Å². The van der Waals surface area contributed by atoms with E-state index in [-0.39, 0.29) is 6.04 Å². The van der Waals surface area contributed by atoms with Crippen molar-refractivity contribution in [1.82, 2.24) is 4.31 Å². The summed E-state index contributed by atoms with van der Waals surface area (Å²) in [4.78, 5) is 10.4. The van der Waals surface area contributed by atoms with Gasteiger partial charge in [0.15, 0.2) is 5.75 Å². The van der Waals surface area contributed by atoms with Gasteiger partial charge in [0, 0.05) is 12.6 Å². The molecule has 88 valence electrons. The van der Waals surface area contributed by atoms with Crippen LogP contribution >= 0.6 is 0 Å². The molecular weight excluding hydrogens is 218 g/mol. The highest BCUT2D eigenvalue weighted by Crippen LogP contribution is 2.29. The molecule has 0 radical (unpaired) electrons. The average molecular weight is 235 g/mol. The Morgan fingerprint density at radius 1 is 1.47 bits per heavy atom. The van der Waals surface area contributed by atoms with Crippen LogP contribution in [0.25, 0.3) is 0 Å². The zero-order valence-corrected chi connectivity index (χ0v) is 9.66. The van der Waals surface area contributed by atoms with Gasteiger partial charge in [-0.15, -0.1) is 0 Å². The highest BCUT2D eigenvalue weighted by molar-refractivity contribution is 7.89. The van der Waals surface area contributed by atoms with Gasteiger partial charge in [0.25, 0.3) is 0 Å². The molecule has 1 saturated carbocycles. The minimum Gasteiger partial charge on any atom is -0.480 e. The molecule has 0 amide bonds. The molecule has 0 aliphatic heterocycles. The highest BCUT2D eigenvalue weighted by atomic mass is 32.2. The lowest BCUT2D eigenvalue weighted by atomic mass is 10.3. The van der Waals surface area contributed by atoms with Gasteiger partial charge < -0.3 is 5.11 Å². The number of carboxylic acids is 1. The highest BCUT2D eigenvalue weighted by Gasteiger charge is 2.37. The van der Waals surface area contributed by atoms with Gasteiger partial charge in [-0.3, -0.25) is 4.79 Å². The summed E-state index contributed by atoms with van der Waals surface area (Å²) in [6, 6.07) is 0.0564. The molecule has 1 N–H and O–H groups in total. The van der Waals surface area contributed by atoms with Crippen LogP contribution in [0.5, 0.6) is 0 Å². The van der Waals surface area contributed by atoms with Gasteiger partial charge in [-0.25, -0.2) is 8.42 Å². The van der Waals surface area contributed by atoms with E-state index in [0.717, 1.165) is 25.7 Å². The monoisotopic (exact) mass is 235 g/mol. The lowest BCUT2D eigenvalue weighted by molar-refractivity contribution is -0.134. The number of nitrogens with zero attached hydrogens (tertiary/aromatic N) is 1. The van der Waals surface area contributed by atoms with E-state index in [0.29, 0.717) is 6.54 Å². The molecule has 0 saturated heterocycles. The van der Waals surface area contributed by atoms with E-state index in [9.17, 15) is 13.2 Å². The first-order valence-electron chi connectivity index (χ1n) is 5.18. The normalized spacial score (nSPS) is 16.9. The molecule has 0 aromatic carbocycles. The molecule has 0 aromatic heterocycles. The molecule has 5 nitrogen and oxygen atoms in total. The van der Waals surface area contributed by atoms with Crippen molar-refractivity contribution < 1.29 is 18.3 Å². The minimum atomic E-state index is -3.60. The van der Waals surface area contributed by atoms with Crippen LogP contribution in [0.1, 0.15) is 32.6 Å². The SMILES string of the molecule is CCCCN(C1CC1)S(=O)(=O)CC(=O)O. The molecule has 1 aliphatic carbocycles. The van der Waals surface area contributed by atoms with E-state index in [1.807, 2.05) is 6.92 Å². The smallest absolute Gasteiger partial charge is 0.320 e. The molecule has 0 unspecified atom stereocenters. The maximum Gasteiger partial charge on any atom is 0.320 e. The number of carboxylic acid groups (broad SMARTS) is 1. The largest absolute Gasteiger partial charge is 0.480 e. The number of hydrogen-bond acceptors (Lipinski definition) is 3. The number of hydrogen-bond donors (Lipinski definition) is 1. The third kappa shape index (κ3) is 3.79. The maximum absolute atomic E-state index is 11.7. The Hall–Kier alpha value is -0.620. The summed E-state index contributed by atoms with van der Waals surface area (Å²) >= 11 is 0. The van der Waals surface area contributed by atoms with Crippen molar-refractivity contribution in [2.45, 2.75) is 38.6 Å². The van der Waals surface area contributed by atoms with Crippen LogP contribution in [0.2, 0.25) is 0 Å². The van der Waals surface area contributed by atoms with Crippen LogP contribution < -0.4 is 0 Å². The second kappa shape index (κ2) is 4.94. The van der Waals surface area contributed by atoms with Gasteiger partial charge in [0.1, 0.15) is 0 Å².